The molecule has 0 aliphatic heterocycles. The van der Waals surface area contributed by atoms with Crippen LogP contribution in [0.1, 0.15) is 5.56 Å². The molecule has 0 aliphatic rings. The summed E-state index contributed by atoms with van der Waals surface area (Å²) in [4.78, 5) is 15.1. The molecule has 0 radical (unpaired) electrons. The lowest BCUT2D eigenvalue weighted by atomic mass is 10.3. The Morgan fingerprint density at radius 2 is 2.44 bits per heavy atom. The van der Waals surface area contributed by atoms with Crippen LogP contribution in [0.15, 0.2) is 28.5 Å². The van der Waals surface area contributed by atoms with E-state index in [9.17, 15) is 4.79 Å². The van der Waals surface area contributed by atoms with Crippen molar-refractivity contribution in [2.75, 3.05) is 0 Å². The second kappa shape index (κ2) is 5.24. The number of tetrazole rings is 1. The van der Waals surface area contributed by atoms with Crippen molar-refractivity contribution in [3.05, 3.63) is 24.0 Å². The fraction of sp³-hybridized carbons (Fsp3) is 0.111. The van der Waals surface area contributed by atoms with Crippen molar-refractivity contribution < 1.29 is 9.90 Å². The van der Waals surface area contributed by atoms with Gasteiger partial charge in [-0.05, 0) is 28.3 Å². The highest BCUT2D eigenvalue weighted by molar-refractivity contribution is 7.99. The smallest absolute Gasteiger partial charge is 0.325 e. The molecule has 0 amide bonds. The second-order valence-electron chi connectivity index (χ2n) is 3.10. The van der Waals surface area contributed by atoms with Gasteiger partial charge in [0.05, 0.1) is 10.5 Å². The average molecular weight is 262 g/mol. The number of aromatic nitrogens is 5. The lowest BCUT2D eigenvalue weighted by Crippen LogP contribution is -2.11. The van der Waals surface area contributed by atoms with Crippen LogP contribution in [0.4, 0.5) is 0 Å². The highest BCUT2D eigenvalue weighted by Gasteiger charge is 2.13. The van der Waals surface area contributed by atoms with Crippen LogP contribution in [0.3, 0.4) is 0 Å². The molecule has 2 rings (SSSR count). The Balaban J connectivity index is 2.27. The maximum atomic E-state index is 10.6. The van der Waals surface area contributed by atoms with Gasteiger partial charge in [-0.25, -0.2) is 4.68 Å². The topological polar surface area (TPSA) is 118 Å². The quantitative estimate of drug-likeness (QED) is 0.828. The standard InChI is InChI=1S/C9H6N6O2S/c10-3-6-1-2-11-4-7(6)18-9-12-13-14-15(9)5-8(16)17/h1-2,4H,5H2,(H,16,17). The van der Waals surface area contributed by atoms with Gasteiger partial charge in [-0.15, -0.1) is 5.10 Å². The van der Waals surface area contributed by atoms with E-state index in [0.717, 1.165) is 16.4 Å². The van der Waals surface area contributed by atoms with Gasteiger partial charge in [0, 0.05) is 12.4 Å². The molecule has 2 aromatic rings. The van der Waals surface area contributed by atoms with E-state index in [1.165, 1.54) is 12.4 Å². The highest BCUT2D eigenvalue weighted by Crippen LogP contribution is 2.27. The summed E-state index contributed by atoms with van der Waals surface area (Å²) < 4.78 is 1.14. The summed E-state index contributed by atoms with van der Waals surface area (Å²) >= 11 is 1.09. The molecule has 0 spiro atoms. The van der Waals surface area contributed by atoms with E-state index in [1.807, 2.05) is 6.07 Å². The zero-order valence-corrected chi connectivity index (χ0v) is 9.70. The zero-order valence-electron chi connectivity index (χ0n) is 8.89. The van der Waals surface area contributed by atoms with Crippen LogP contribution in [0.5, 0.6) is 0 Å². The monoisotopic (exact) mass is 262 g/mol. The van der Waals surface area contributed by atoms with E-state index < -0.39 is 5.97 Å². The average Bonchev–Trinajstić information content (AvgIpc) is 2.76. The zero-order chi connectivity index (χ0) is 13.0. The molecule has 2 heterocycles. The molecular formula is C9H6N6O2S. The van der Waals surface area contributed by atoms with Crippen LogP contribution in [0, 0.1) is 11.3 Å². The summed E-state index contributed by atoms with van der Waals surface area (Å²) in [5, 5.41) is 28.6. The normalized spacial score (nSPS) is 9.94. The number of carboxylic acid groups (broad SMARTS) is 1. The molecule has 1 N–H and O–H groups in total. The van der Waals surface area contributed by atoms with Crippen molar-refractivity contribution >= 4 is 17.7 Å². The number of carboxylic acids is 1. The van der Waals surface area contributed by atoms with Crippen LogP contribution in [-0.2, 0) is 11.3 Å². The molecular weight excluding hydrogens is 256 g/mol. The lowest BCUT2D eigenvalue weighted by molar-refractivity contribution is -0.138. The maximum Gasteiger partial charge on any atom is 0.325 e. The number of hydrogen-bond acceptors (Lipinski definition) is 7. The third-order valence-electron chi connectivity index (χ3n) is 1.89. The molecule has 18 heavy (non-hydrogen) atoms. The van der Waals surface area contributed by atoms with Gasteiger partial charge in [-0.2, -0.15) is 5.26 Å². The van der Waals surface area contributed by atoms with Crippen LogP contribution in [-0.4, -0.2) is 36.3 Å². The number of nitriles is 1. The van der Waals surface area contributed by atoms with Crippen molar-refractivity contribution in [2.24, 2.45) is 0 Å². The minimum Gasteiger partial charge on any atom is -0.480 e. The Bertz CT molecular complexity index is 620. The molecule has 0 bridgehead atoms. The Morgan fingerprint density at radius 3 is 3.17 bits per heavy atom. The van der Waals surface area contributed by atoms with Crippen molar-refractivity contribution in [1.82, 2.24) is 25.2 Å². The lowest BCUT2D eigenvalue weighted by Gasteiger charge is -2.02. The molecule has 0 saturated heterocycles. The number of hydrogen-bond donors (Lipinski definition) is 1. The first kappa shape index (κ1) is 12.0. The number of aliphatic carboxylic acids is 1. The van der Waals surface area contributed by atoms with Gasteiger partial charge in [-0.1, -0.05) is 0 Å². The van der Waals surface area contributed by atoms with Crippen LogP contribution in [0.2, 0.25) is 0 Å². The summed E-state index contributed by atoms with van der Waals surface area (Å²) in [7, 11) is 0. The first-order chi connectivity index (χ1) is 8.70. The van der Waals surface area contributed by atoms with E-state index in [2.05, 4.69) is 20.5 Å². The Kier molecular flexibility index (Phi) is 3.49. The molecule has 0 aromatic carbocycles. The molecule has 2 aromatic heterocycles. The number of rotatable bonds is 4. The van der Waals surface area contributed by atoms with E-state index in [4.69, 9.17) is 10.4 Å². The molecule has 0 atom stereocenters. The Morgan fingerprint density at radius 1 is 1.61 bits per heavy atom. The molecule has 0 saturated carbocycles. The summed E-state index contributed by atoms with van der Waals surface area (Å²) in [6.45, 7) is -0.336. The maximum absolute atomic E-state index is 10.6. The van der Waals surface area contributed by atoms with E-state index in [1.54, 1.807) is 6.07 Å². The van der Waals surface area contributed by atoms with Crippen LogP contribution >= 0.6 is 11.8 Å². The fourth-order valence-corrected chi connectivity index (χ4v) is 1.97. The highest BCUT2D eigenvalue weighted by atomic mass is 32.2. The van der Waals surface area contributed by atoms with Crippen molar-refractivity contribution in [2.45, 2.75) is 16.6 Å². The molecule has 0 aliphatic carbocycles. The first-order valence-corrected chi connectivity index (χ1v) is 5.52. The largest absolute Gasteiger partial charge is 0.480 e. The summed E-state index contributed by atoms with van der Waals surface area (Å²) in [5.41, 5.74) is 0.430. The van der Waals surface area contributed by atoms with Gasteiger partial charge in [-0.3, -0.25) is 9.78 Å². The van der Waals surface area contributed by atoms with E-state index >= 15 is 0 Å². The van der Waals surface area contributed by atoms with Gasteiger partial charge in [0.1, 0.15) is 12.6 Å². The van der Waals surface area contributed by atoms with Gasteiger partial charge >= 0.3 is 5.97 Å². The predicted molar refractivity (Wildman–Crippen MR) is 58.5 cm³/mol. The number of nitrogens with zero attached hydrogens (tertiary/aromatic N) is 6. The molecule has 0 unspecified atom stereocenters. The van der Waals surface area contributed by atoms with Crippen LogP contribution in [0.25, 0.3) is 0 Å². The van der Waals surface area contributed by atoms with Crippen molar-refractivity contribution in [3.8, 4) is 6.07 Å². The third kappa shape index (κ3) is 2.61. The summed E-state index contributed by atoms with van der Waals surface area (Å²) in [6, 6.07) is 3.58. The number of carbonyl (C=O) groups is 1. The first-order valence-electron chi connectivity index (χ1n) is 4.70. The molecule has 90 valence electrons. The van der Waals surface area contributed by atoms with Gasteiger partial charge in [0.25, 0.3) is 0 Å². The summed E-state index contributed by atoms with van der Waals surface area (Å²) in [6.07, 6.45) is 3.01. The fourth-order valence-electron chi connectivity index (χ4n) is 1.15. The molecule has 0 fully saturated rings. The minimum atomic E-state index is -1.05. The summed E-state index contributed by atoms with van der Waals surface area (Å²) in [5.74, 6) is -1.05. The third-order valence-corrected chi connectivity index (χ3v) is 2.91. The van der Waals surface area contributed by atoms with Gasteiger partial charge in [0.15, 0.2) is 0 Å². The Hall–Kier alpha value is -2.47. The second-order valence-corrected chi connectivity index (χ2v) is 4.11. The van der Waals surface area contributed by atoms with Gasteiger partial charge < -0.3 is 5.11 Å². The minimum absolute atomic E-state index is 0.293. The molecule has 9 heteroatoms. The predicted octanol–water partition coefficient (Wildman–Crippen LogP) is 0.176. The van der Waals surface area contributed by atoms with E-state index in [-0.39, 0.29) is 6.54 Å². The van der Waals surface area contributed by atoms with E-state index in [0.29, 0.717) is 15.6 Å². The van der Waals surface area contributed by atoms with Crippen molar-refractivity contribution in [3.63, 3.8) is 0 Å². The SMILES string of the molecule is N#Cc1ccncc1Sc1nnnn1CC(=O)O. The number of pyridine rings is 1. The van der Waals surface area contributed by atoms with Crippen molar-refractivity contribution in [1.29, 1.82) is 5.26 Å². The Labute approximate surface area is 105 Å². The van der Waals surface area contributed by atoms with Crippen LogP contribution < -0.4 is 0 Å². The molecule has 8 nitrogen and oxygen atoms in total. The van der Waals surface area contributed by atoms with Gasteiger partial charge in [0.2, 0.25) is 5.16 Å².